The van der Waals surface area contributed by atoms with Crippen molar-refractivity contribution in [3.05, 3.63) is 24.3 Å². The summed E-state index contributed by atoms with van der Waals surface area (Å²) in [5, 5.41) is 5.12. The molecule has 2 aliphatic heterocycles. The van der Waals surface area contributed by atoms with E-state index in [4.69, 9.17) is 4.74 Å². The summed E-state index contributed by atoms with van der Waals surface area (Å²) in [6, 6.07) is 9.04. The highest BCUT2D eigenvalue weighted by atomic mass is 32.2. The Hall–Kier alpha value is -1.20. The second-order valence-corrected chi connectivity index (χ2v) is 7.15. The third-order valence-corrected chi connectivity index (χ3v) is 4.84. The number of thioether (sulfide) groups is 1. The molecule has 2 unspecified atom stereocenters. The average Bonchev–Trinajstić information content (AvgIpc) is 2.48. The zero-order valence-electron chi connectivity index (χ0n) is 12.7. The van der Waals surface area contributed by atoms with Crippen LogP contribution in [-0.4, -0.2) is 42.8 Å². The molecule has 0 aliphatic carbocycles. The molecule has 1 aromatic carbocycles. The molecule has 0 bridgehead atoms. The topological polar surface area (TPSA) is 36.9 Å². The van der Waals surface area contributed by atoms with E-state index in [1.54, 1.807) is 0 Å². The molecule has 0 amide bonds. The molecule has 2 heterocycles. The highest BCUT2D eigenvalue weighted by Crippen LogP contribution is 2.26. The summed E-state index contributed by atoms with van der Waals surface area (Å²) in [5.74, 6) is 0. The molecule has 3 rings (SSSR count). The van der Waals surface area contributed by atoms with E-state index in [1.807, 2.05) is 11.8 Å². The highest BCUT2D eigenvalue weighted by molar-refractivity contribution is 8.14. The van der Waals surface area contributed by atoms with Crippen LogP contribution in [0.2, 0.25) is 0 Å². The molecule has 114 valence electrons. The van der Waals surface area contributed by atoms with Crippen LogP contribution in [0.3, 0.4) is 0 Å². The van der Waals surface area contributed by atoms with E-state index >= 15 is 0 Å². The van der Waals surface area contributed by atoms with Gasteiger partial charge in [0.2, 0.25) is 0 Å². The molecular formula is C16H23N3OS. The molecule has 1 N–H and O–H groups in total. The van der Waals surface area contributed by atoms with Crippen molar-refractivity contribution in [3.8, 4) is 0 Å². The Bertz CT molecular complexity index is 497. The third-order valence-electron chi connectivity index (χ3n) is 3.82. The summed E-state index contributed by atoms with van der Waals surface area (Å²) in [6.07, 6.45) is 1.16. The van der Waals surface area contributed by atoms with Gasteiger partial charge in [-0.25, -0.2) is 0 Å². The number of nitrogens with zero attached hydrogens (tertiary/aromatic N) is 2. The Morgan fingerprint density at radius 1 is 1.19 bits per heavy atom. The van der Waals surface area contributed by atoms with Crippen LogP contribution in [0, 0.1) is 0 Å². The van der Waals surface area contributed by atoms with Crippen LogP contribution in [0.1, 0.15) is 20.3 Å². The first-order valence-corrected chi connectivity index (χ1v) is 8.53. The fourth-order valence-corrected chi connectivity index (χ4v) is 3.94. The molecule has 0 spiro atoms. The summed E-state index contributed by atoms with van der Waals surface area (Å²) >= 11 is 1.83. The lowest BCUT2D eigenvalue weighted by atomic mass is 10.2. The number of rotatable bonds is 2. The number of hydrogen-bond donors (Lipinski definition) is 1. The van der Waals surface area contributed by atoms with Gasteiger partial charge in [-0.05, 0) is 37.6 Å². The highest BCUT2D eigenvalue weighted by Gasteiger charge is 2.18. The lowest BCUT2D eigenvalue weighted by Crippen LogP contribution is -2.36. The van der Waals surface area contributed by atoms with Gasteiger partial charge in [0.15, 0.2) is 5.17 Å². The maximum absolute atomic E-state index is 5.39. The maximum Gasteiger partial charge on any atom is 0.161 e. The molecule has 2 aliphatic rings. The SMILES string of the molecule is CC1CC(C)SC(Nc2ccc(N3CCOCC3)cc2)=N1. The summed E-state index contributed by atoms with van der Waals surface area (Å²) in [7, 11) is 0. The van der Waals surface area contributed by atoms with Crippen LogP contribution in [0.4, 0.5) is 11.4 Å². The van der Waals surface area contributed by atoms with Gasteiger partial charge in [0.1, 0.15) is 0 Å². The Morgan fingerprint density at radius 2 is 1.90 bits per heavy atom. The predicted molar refractivity (Wildman–Crippen MR) is 91.7 cm³/mol. The molecule has 1 saturated heterocycles. The summed E-state index contributed by atoms with van der Waals surface area (Å²) in [6.45, 7) is 8.04. The average molecular weight is 305 g/mol. The minimum absolute atomic E-state index is 0.413. The van der Waals surface area contributed by atoms with Crippen molar-refractivity contribution in [1.82, 2.24) is 0 Å². The number of anilines is 2. The van der Waals surface area contributed by atoms with E-state index in [1.165, 1.54) is 5.69 Å². The quantitative estimate of drug-likeness (QED) is 0.910. The Kier molecular flexibility index (Phi) is 4.70. The molecule has 2 atom stereocenters. The van der Waals surface area contributed by atoms with Crippen LogP contribution in [0.25, 0.3) is 0 Å². The van der Waals surface area contributed by atoms with Gasteiger partial charge in [-0.2, -0.15) is 0 Å². The van der Waals surface area contributed by atoms with E-state index in [9.17, 15) is 0 Å². The van der Waals surface area contributed by atoms with Crippen molar-refractivity contribution < 1.29 is 4.74 Å². The Balaban J connectivity index is 1.64. The minimum atomic E-state index is 0.413. The summed E-state index contributed by atoms with van der Waals surface area (Å²) < 4.78 is 5.39. The number of amidine groups is 1. The number of ether oxygens (including phenoxy) is 1. The Labute approximate surface area is 131 Å². The minimum Gasteiger partial charge on any atom is -0.378 e. The predicted octanol–water partition coefficient (Wildman–Crippen LogP) is 3.21. The molecule has 4 nitrogen and oxygen atoms in total. The van der Waals surface area contributed by atoms with Crippen molar-refractivity contribution in [1.29, 1.82) is 0 Å². The van der Waals surface area contributed by atoms with Gasteiger partial charge in [-0.1, -0.05) is 18.7 Å². The first-order chi connectivity index (χ1) is 10.2. The maximum atomic E-state index is 5.39. The first-order valence-electron chi connectivity index (χ1n) is 7.65. The third kappa shape index (κ3) is 3.92. The second kappa shape index (κ2) is 6.71. The van der Waals surface area contributed by atoms with Crippen LogP contribution in [0.15, 0.2) is 29.3 Å². The number of benzene rings is 1. The zero-order chi connectivity index (χ0) is 14.7. The zero-order valence-corrected chi connectivity index (χ0v) is 13.5. The van der Waals surface area contributed by atoms with Crippen molar-refractivity contribution in [2.24, 2.45) is 4.99 Å². The van der Waals surface area contributed by atoms with Gasteiger partial charge in [-0.15, -0.1) is 0 Å². The van der Waals surface area contributed by atoms with E-state index in [2.05, 4.69) is 53.3 Å². The fraction of sp³-hybridized carbons (Fsp3) is 0.562. The lowest BCUT2D eigenvalue weighted by molar-refractivity contribution is 0.122. The summed E-state index contributed by atoms with van der Waals surface area (Å²) in [4.78, 5) is 7.05. The van der Waals surface area contributed by atoms with Gasteiger partial charge in [0.05, 0.1) is 19.3 Å². The lowest BCUT2D eigenvalue weighted by Gasteiger charge is -2.29. The number of nitrogens with one attached hydrogen (secondary N) is 1. The molecule has 0 aromatic heterocycles. The van der Waals surface area contributed by atoms with Crippen LogP contribution < -0.4 is 10.2 Å². The van der Waals surface area contributed by atoms with Crippen molar-refractivity contribution >= 4 is 28.3 Å². The smallest absolute Gasteiger partial charge is 0.161 e. The molecule has 21 heavy (non-hydrogen) atoms. The first kappa shape index (κ1) is 14.7. The molecule has 0 saturated carbocycles. The van der Waals surface area contributed by atoms with Gasteiger partial charge in [0.25, 0.3) is 0 Å². The van der Waals surface area contributed by atoms with E-state index in [0.29, 0.717) is 11.3 Å². The number of aliphatic imine (C=N–C) groups is 1. The summed E-state index contributed by atoms with van der Waals surface area (Å²) in [5.41, 5.74) is 2.38. The fourth-order valence-electron chi connectivity index (χ4n) is 2.76. The van der Waals surface area contributed by atoms with Crippen molar-refractivity contribution in [3.63, 3.8) is 0 Å². The van der Waals surface area contributed by atoms with Gasteiger partial charge >= 0.3 is 0 Å². The van der Waals surface area contributed by atoms with Crippen LogP contribution >= 0.6 is 11.8 Å². The van der Waals surface area contributed by atoms with Crippen molar-refractivity contribution in [2.45, 2.75) is 31.6 Å². The second-order valence-electron chi connectivity index (χ2n) is 5.72. The van der Waals surface area contributed by atoms with Gasteiger partial charge in [-0.3, -0.25) is 4.99 Å². The molecule has 1 fully saturated rings. The van der Waals surface area contributed by atoms with Crippen molar-refractivity contribution in [2.75, 3.05) is 36.5 Å². The standard InChI is InChI=1S/C16H23N3OS/c1-12-11-13(2)21-16(17-12)18-14-3-5-15(6-4-14)19-7-9-20-10-8-19/h3-6,12-13H,7-11H2,1-2H3,(H,17,18). The molecule has 5 heteroatoms. The number of hydrogen-bond acceptors (Lipinski definition) is 5. The molecule has 0 radical (unpaired) electrons. The monoisotopic (exact) mass is 305 g/mol. The molecule has 1 aromatic rings. The van der Waals surface area contributed by atoms with Crippen LogP contribution in [0.5, 0.6) is 0 Å². The van der Waals surface area contributed by atoms with Crippen LogP contribution in [-0.2, 0) is 4.74 Å². The normalized spacial score (nSPS) is 26.4. The van der Waals surface area contributed by atoms with E-state index in [-0.39, 0.29) is 0 Å². The van der Waals surface area contributed by atoms with Gasteiger partial charge in [0, 0.05) is 29.7 Å². The van der Waals surface area contributed by atoms with E-state index in [0.717, 1.165) is 43.6 Å². The Morgan fingerprint density at radius 3 is 2.57 bits per heavy atom. The largest absolute Gasteiger partial charge is 0.378 e. The van der Waals surface area contributed by atoms with Gasteiger partial charge < -0.3 is 15.0 Å². The van der Waals surface area contributed by atoms with E-state index < -0.39 is 0 Å². The number of morpholine rings is 1. The molecular weight excluding hydrogens is 282 g/mol.